The van der Waals surface area contributed by atoms with Gasteiger partial charge in [0.25, 0.3) is 5.91 Å². The van der Waals surface area contributed by atoms with Gasteiger partial charge in [-0.15, -0.1) is 0 Å². The number of ether oxygens (including phenoxy) is 2. The van der Waals surface area contributed by atoms with Gasteiger partial charge in [-0.25, -0.2) is 9.31 Å². The average molecular weight is 395 g/mol. The lowest BCUT2D eigenvalue weighted by atomic mass is 10.0. The SMILES string of the molecule is COc1ccn2ncc(C(=O)N[C@@H](Cc3ccccc3)C(=O)OC(C)(C)C)c2c1. The van der Waals surface area contributed by atoms with E-state index in [1.807, 2.05) is 30.3 Å². The molecule has 0 saturated heterocycles. The second kappa shape index (κ2) is 8.34. The zero-order valence-electron chi connectivity index (χ0n) is 17.0. The van der Waals surface area contributed by atoms with Crippen LogP contribution in [0.5, 0.6) is 5.75 Å². The molecule has 3 aromatic rings. The van der Waals surface area contributed by atoms with Crippen LogP contribution in [0.2, 0.25) is 0 Å². The summed E-state index contributed by atoms with van der Waals surface area (Å²) < 4.78 is 12.3. The second-order valence-corrected chi connectivity index (χ2v) is 7.70. The molecule has 2 heterocycles. The Bertz CT molecular complexity index is 1010. The van der Waals surface area contributed by atoms with Gasteiger partial charge >= 0.3 is 5.97 Å². The molecule has 0 aliphatic carbocycles. The number of nitrogens with one attached hydrogen (secondary N) is 1. The number of nitrogens with zero attached hydrogens (tertiary/aromatic N) is 2. The molecule has 152 valence electrons. The van der Waals surface area contributed by atoms with Crippen molar-refractivity contribution in [1.29, 1.82) is 0 Å². The summed E-state index contributed by atoms with van der Waals surface area (Å²) in [6, 6.07) is 12.1. The van der Waals surface area contributed by atoms with Crippen molar-refractivity contribution in [2.24, 2.45) is 0 Å². The molecule has 0 radical (unpaired) electrons. The lowest BCUT2D eigenvalue weighted by Crippen LogP contribution is -2.45. The lowest BCUT2D eigenvalue weighted by Gasteiger charge is -2.24. The highest BCUT2D eigenvalue weighted by Gasteiger charge is 2.28. The molecular weight excluding hydrogens is 370 g/mol. The molecular formula is C22H25N3O4. The number of carbonyl (C=O) groups excluding carboxylic acids is 2. The van der Waals surface area contributed by atoms with Crippen LogP contribution in [0.15, 0.2) is 54.9 Å². The van der Waals surface area contributed by atoms with E-state index in [1.165, 1.54) is 6.20 Å². The molecule has 1 N–H and O–H groups in total. The molecule has 1 amide bonds. The summed E-state index contributed by atoms with van der Waals surface area (Å²) in [5, 5.41) is 7.01. The Morgan fingerprint density at radius 1 is 1.17 bits per heavy atom. The quantitative estimate of drug-likeness (QED) is 0.649. The van der Waals surface area contributed by atoms with Crippen molar-refractivity contribution in [3.05, 3.63) is 66.0 Å². The minimum absolute atomic E-state index is 0.323. The van der Waals surface area contributed by atoms with E-state index in [-0.39, 0.29) is 0 Å². The van der Waals surface area contributed by atoms with E-state index < -0.39 is 23.5 Å². The summed E-state index contributed by atoms with van der Waals surface area (Å²) in [5.41, 5.74) is 1.20. The molecule has 0 aliphatic rings. The minimum atomic E-state index is -0.829. The summed E-state index contributed by atoms with van der Waals surface area (Å²) in [6.07, 6.45) is 3.50. The monoisotopic (exact) mass is 395 g/mol. The predicted molar refractivity (Wildman–Crippen MR) is 109 cm³/mol. The zero-order chi connectivity index (χ0) is 21.0. The van der Waals surface area contributed by atoms with Crippen LogP contribution < -0.4 is 10.1 Å². The van der Waals surface area contributed by atoms with Crippen LogP contribution in [0.1, 0.15) is 36.7 Å². The predicted octanol–water partition coefficient (Wildman–Crippen LogP) is 3.03. The molecule has 7 heteroatoms. The van der Waals surface area contributed by atoms with Crippen LogP contribution in [0.4, 0.5) is 0 Å². The summed E-state index contributed by atoms with van der Waals surface area (Å²) in [7, 11) is 1.56. The molecule has 1 atom stereocenters. The summed E-state index contributed by atoms with van der Waals surface area (Å²) in [6.45, 7) is 5.39. The van der Waals surface area contributed by atoms with E-state index in [4.69, 9.17) is 9.47 Å². The fourth-order valence-corrected chi connectivity index (χ4v) is 2.92. The van der Waals surface area contributed by atoms with Crippen molar-refractivity contribution in [3.63, 3.8) is 0 Å². The molecule has 0 bridgehead atoms. The average Bonchev–Trinajstić information content (AvgIpc) is 3.10. The number of pyridine rings is 1. The lowest BCUT2D eigenvalue weighted by molar-refractivity contribution is -0.157. The fourth-order valence-electron chi connectivity index (χ4n) is 2.92. The van der Waals surface area contributed by atoms with Gasteiger partial charge in [0, 0.05) is 18.7 Å². The van der Waals surface area contributed by atoms with Crippen LogP contribution >= 0.6 is 0 Å². The third-order valence-corrected chi connectivity index (χ3v) is 4.25. The van der Waals surface area contributed by atoms with Gasteiger partial charge in [0.2, 0.25) is 0 Å². The van der Waals surface area contributed by atoms with Crippen LogP contribution in [0.25, 0.3) is 5.52 Å². The van der Waals surface area contributed by atoms with Crippen LogP contribution in [-0.4, -0.2) is 40.2 Å². The second-order valence-electron chi connectivity index (χ2n) is 7.70. The molecule has 7 nitrogen and oxygen atoms in total. The molecule has 0 unspecified atom stereocenters. The number of fused-ring (bicyclic) bond motifs is 1. The highest BCUT2D eigenvalue weighted by molar-refractivity contribution is 6.02. The zero-order valence-corrected chi connectivity index (χ0v) is 17.0. The van der Waals surface area contributed by atoms with Crippen molar-refractivity contribution in [2.75, 3.05) is 7.11 Å². The molecule has 0 saturated carbocycles. The Morgan fingerprint density at radius 3 is 2.55 bits per heavy atom. The standard InChI is InChI=1S/C22H25N3O4/c1-22(2,3)29-21(27)18(12-15-8-6-5-7-9-15)24-20(26)17-14-23-25-11-10-16(28-4)13-19(17)25/h5-11,13-14,18H,12H2,1-4H3,(H,24,26)/t18-/m0/s1. The Kier molecular flexibility index (Phi) is 5.87. The molecule has 1 aromatic carbocycles. The van der Waals surface area contributed by atoms with E-state index in [1.54, 1.807) is 50.7 Å². The first-order chi connectivity index (χ1) is 13.8. The Hall–Kier alpha value is -3.35. The number of methoxy groups -OCH3 is 1. The summed E-state index contributed by atoms with van der Waals surface area (Å²) in [4.78, 5) is 25.7. The molecule has 0 aliphatic heterocycles. The number of esters is 1. The van der Waals surface area contributed by atoms with Crippen molar-refractivity contribution >= 4 is 17.4 Å². The third-order valence-electron chi connectivity index (χ3n) is 4.25. The Morgan fingerprint density at radius 2 is 1.90 bits per heavy atom. The number of carbonyl (C=O) groups is 2. The van der Waals surface area contributed by atoms with Gasteiger partial charge in [-0.3, -0.25) is 4.79 Å². The van der Waals surface area contributed by atoms with Crippen molar-refractivity contribution < 1.29 is 19.1 Å². The fraction of sp³-hybridized carbons (Fsp3) is 0.318. The molecule has 3 rings (SSSR count). The highest BCUT2D eigenvalue weighted by atomic mass is 16.6. The van der Waals surface area contributed by atoms with E-state index in [9.17, 15) is 9.59 Å². The number of hydrogen-bond donors (Lipinski definition) is 1. The van der Waals surface area contributed by atoms with Crippen molar-refractivity contribution in [3.8, 4) is 5.75 Å². The maximum atomic E-state index is 13.0. The maximum Gasteiger partial charge on any atom is 0.329 e. The topological polar surface area (TPSA) is 81.9 Å². The smallest absolute Gasteiger partial charge is 0.329 e. The van der Waals surface area contributed by atoms with Crippen molar-refractivity contribution in [2.45, 2.75) is 38.8 Å². The molecule has 0 fully saturated rings. The van der Waals surface area contributed by atoms with Gasteiger partial charge < -0.3 is 14.8 Å². The van der Waals surface area contributed by atoms with Gasteiger partial charge in [0.05, 0.1) is 24.4 Å². The van der Waals surface area contributed by atoms with Crippen LogP contribution in [0.3, 0.4) is 0 Å². The normalized spacial score (nSPS) is 12.4. The van der Waals surface area contributed by atoms with Crippen LogP contribution in [-0.2, 0) is 16.0 Å². The van der Waals surface area contributed by atoms with Crippen molar-refractivity contribution in [1.82, 2.24) is 14.9 Å². The molecule has 2 aromatic heterocycles. The highest BCUT2D eigenvalue weighted by Crippen LogP contribution is 2.18. The van der Waals surface area contributed by atoms with Gasteiger partial charge in [0.1, 0.15) is 17.4 Å². The van der Waals surface area contributed by atoms with Gasteiger partial charge in [0.15, 0.2) is 0 Å². The molecule has 29 heavy (non-hydrogen) atoms. The number of benzene rings is 1. The first-order valence-corrected chi connectivity index (χ1v) is 9.36. The minimum Gasteiger partial charge on any atom is -0.497 e. The number of amides is 1. The molecule has 0 spiro atoms. The maximum absolute atomic E-state index is 13.0. The largest absolute Gasteiger partial charge is 0.497 e. The van der Waals surface area contributed by atoms with E-state index >= 15 is 0 Å². The van der Waals surface area contributed by atoms with E-state index in [2.05, 4.69) is 10.4 Å². The Labute approximate surface area is 169 Å². The summed E-state index contributed by atoms with van der Waals surface area (Å²) in [5.74, 6) is -0.274. The first-order valence-electron chi connectivity index (χ1n) is 9.36. The first kappa shape index (κ1) is 20.4. The summed E-state index contributed by atoms with van der Waals surface area (Å²) >= 11 is 0. The third kappa shape index (κ3) is 5.13. The van der Waals surface area contributed by atoms with Gasteiger partial charge in [-0.1, -0.05) is 30.3 Å². The number of aromatic nitrogens is 2. The number of rotatable bonds is 6. The Balaban J connectivity index is 1.86. The van der Waals surface area contributed by atoms with E-state index in [0.29, 0.717) is 23.3 Å². The van der Waals surface area contributed by atoms with Crippen LogP contribution in [0, 0.1) is 0 Å². The van der Waals surface area contributed by atoms with Gasteiger partial charge in [-0.05, 0) is 32.4 Å². The number of hydrogen-bond acceptors (Lipinski definition) is 5. The van der Waals surface area contributed by atoms with Gasteiger partial charge in [-0.2, -0.15) is 5.10 Å². The van der Waals surface area contributed by atoms with E-state index in [0.717, 1.165) is 5.56 Å².